The Morgan fingerprint density at radius 1 is 1.29 bits per heavy atom. The Labute approximate surface area is 124 Å². The molecule has 0 bridgehead atoms. The van der Waals surface area contributed by atoms with Crippen LogP contribution < -0.4 is 0 Å². The molecule has 0 aliphatic carbocycles. The summed E-state index contributed by atoms with van der Waals surface area (Å²) in [6.45, 7) is 6.06. The molecule has 1 unspecified atom stereocenters. The van der Waals surface area contributed by atoms with E-state index >= 15 is 0 Å². The van der Waals surface area contributed by atoms with E-state index in [-0.39, 0.29) is 5.97 Å². The van der Waals surface area contributed by atoms with Gasteiger partial charge >= 0.3 is 5.97 Å². The van der Waals surface area contributed by atoms with Crippen LogP contribution in [0.3, 0.4) is 0 Å². The van der Waals surface area contributed by atoms with Crippen LogP contribution in [0, 0.1) is 6.92 Å². The summed E-state index contributed by atoms with van der Waals surface area (Å²) in [6, 6.07) is 8.16. The first-order chi connectivity index (χ1) is 10.1. The summed E-state index contributed by atoms with van der Waals surface area (Å²) in [5.41, 5.74) is 2.32. The van der Waals surface area contributed by atoms with Gasteiger partial charge < -0.3 is 9.26 Å². The molecule has 0 aliphatic rings. The lowest BCUT2D eigenvalue weighted by molar-refractivity contribution is -0.145. The van der Waals surface area contributed by atoms with Crippen molar-refractivity contribution in [1.82, 2.24) is 10.1 Å². The molecule has 21 heavy (non-hydrogen) atoms. The molecule has 5 nitrogen and oxygen atoms in total. The van der Waals surface area contributed by atoms with E-state index in [0.717, 1.165) is 5.56 Å². The highest BCUT2D eigenvalue weighted by Gasteiger charge is 2.26. The second-order valence-corrected chi connectivity index (χ2v) is 4.92. The van der Waals surface area contributed by atoms with Crippen LogP contribution in [0.1, 0.15) is 49.0 Å². The van der Waals surface area contributed by atoms with Crippen LogP contribution in [-0.2, 0) is 16.0 Å². The van der Waals surface area contributed by atoms with Gasteiger partial charge in [0.25, 0.3) is 0 Å². The topological polar surface area (TPSA) is 65.2 Å². The van der Waals surface area contributed by atoms with Gasteiger partial charge in [0.15, 0.2) is 5.82 Å². The number of aryl methyl sites for hydroxylation is 1. The molecular formula is C16H20N2O3. The summed E-state index contributed by atoms with van der Waals surface area (Å²) in [7, 11) is 0. The third-order valence-corrected chi connectivity index (χ3v) is 3.24. The van der Waals surface area contributed by atoms with Gasteiger partial charge in [-0.25, -0.2) is 0 Å². The molecular weight excluding hydrogens is 268 g/mol. The van der Waals surface area contributed by atoms with Crippen LogP contribution in [-0.4, -0.2) is 22.7 Å². The highest BCUT2D eigenvalue weighted by atomic mass is 16.5. The number of nitrogens with zero attached hydrogens (tertiary/aromatic N) is 2. The maximum Gasteiger partial charge on any atom is 0.318 e. The van der Waals surface area contributed by atoms with Gasteiger partial charge in [-0.15, -0.1) is 0 Å². The first-order valence-corrected chi connectivity index (χ1v) is 7.18. The number of rotatable bonds is 6. The van der Waals surface area contributed by atoms with Gasteiger partial charge in [0, 0.05) is 6.42 Å². The van der Waals surface area contributed by atoms with E-state index in [1.165, 1.54) is 5.56 Å². The molecule has 1 atom stereocenters. The molecule has 2 rings (SSSR count). The highest BCUT2D eigenvalue weighted by molar-refractivity contribution is 5.76. The van der Waals surface area contributed by atoms with Crippen molar-refractivity contribution >= 4 is 5.97 Å². The fourth-order valence-electron chi connectivity index (χ4n) is 2.05. The molecule has 0 fully saturated rings. The summed E-state index contributed by atoms with van der Waals surface area (Å²) < 4.78 is 10.2. The molecule has 0 saturated heterocycles. The van der Waals surface area contributed by atoms with Gasteiger partial charge in [0.1, 0.15) is 5.92 Å². The molecule has 5 heteroatoms. The molecule has 0 spiro atoms. The zero-order valence-corrected chi connectivity index (χ0v) is 12.6. The van der Waals surface area contributed by atoms with Crippen molar-refractivity contribution in [3.8, 4) is 0 Å². The number of hydrogen-bond donors (Lipinski definition) is 0. The lowest BCUT2D eigenvalue weighted by atomic mass is 10.1. The van der Waals surface area contributed by atoms with Crippen LogP contribution >= 0.6 is 0 Å². The van der Waals surface area contributed by atoms with E-state index in [2.05, 4.69) is 10.1 Å². The van der Waals surface area contributed by atoms with Crippen molar-refractivity contribution in [2.45, 2.75) is 39.5 Å². The maximum atomic E-state index is 11.8. The SMILES string of the molecule is CCOC(=O)C(CC)c1nc(Cc2ccc(C)cc2)no1. The van der Waals surface area contributed by atoms with Gasteiger partial charge in [0.05, 0.1) is 6.61 Å². The van der Waals surface area contributed by atoms with E-state index in [0.29, 0.717) is 31.2 Å². The van der Waals surface area contributed by atoms with Gasteiger partial charge in [0.2, 0.25) is 5.89 Å². The van der Waals surface area contributed by atoms with Crippen LogP contribution in [0.4, 0.5) is 0 Å². The fraction of sp³-hybridized carbons (Fsp3) is 0.438. The van der Waals surface area contributed by atoms with Gasteiger partial charge in [-0.3, -0.25) is 4.79 Å². The van der Waals surface area contributed by atoms with Crippen molar-refractivity contribution in [2.24, 2.45) is 0 Å². The molecule has 1 aromatic heterocycles. The summed E-state index contributed by atoms with van der Waals surface area (Å²) in [5, 5.41) is 3.95. The Bertz CT molecular complexity index is 590. The van der Waals surface area contributed by atoms with Crippen LogP contribution in [0.25, 0.3) is 0 Å². The van der Waals surface area contributed by atoms with Gasteiger partial charge in [-0.1, -0.05) is 41.9 Å². The number of carbonyl (C=O) groups is 1. The van der Waals surface area contributed by atoms with Gasteiger partial charge in [-0.2, -0.15) is 4.98 Å². The molecule has 1 heterocycles. The monoisotopic (exact) mass is 288 g/mol. The zero-order valence-electron chi connectivity index (χ0n) is 12.6. The zero-order chi connectivity index (χ0) is 15.2. The predicted molar refractivity (Wildman–Crippen MR) is 77.9 cm³/mol. The first-order valence-electron chi connectivity index (χ1n) is 7.18. The van der Waals surface area contributed by atoms with Crippen molar-refractivity contribution < 1.29 is 14.1 Å². The van der Waals surface area contributed by atoms with E-state index in [1.54, 1.807) is 6.92 Å². The summed E-state index contributed by atoms with van der Waals surface area (Å²) in [6.07, 6.45) is 1.16. The van der Waals surface area contributed by atoms with E-state index in [9.17, 15) is 4.79 Å². The molecule has 0 aliphatic heterocycles. The maximum absolute atomic E-state index is 11.8. The number of benzene rings is 1. The number of aromatic nitrogens is 2. The Balaban J connectivity index is 2.09. The second-order valence-electron chi connectivity index (χ2n) is 4.92. The predicted octanol–water partition coefficient (Wildman–Crippen LogP) is 3.03. The Morgan fingerprint density at radius 3 is 2.62 bits per heavy atom. The van der Waals surface area contributed by atoms with Crippen LogP contribution in [0.2, 0.25) is 0 Å². The average molecular weight is 288 g/mol. The summed E-state index contributed by atoms with van der Waals surface area (Å²) in [5.74, 6) is 0.115. The van der Waals surface area contributed by atoms with Crippen molar-refractivity contribution in [1.29, 1.82) is 0 Å². The molecule has 0 amide bonds. The minimum absolute atomic E-state index is 0.314. The molecule has 112 valence electrons. The molecule has 1 aromatic carbocycles. The van der Waals surface area contributed by atoms with E-state index in [4.69, 9.17) is 9.26 Å². The molecule has 2 aromatic rings. The van der Waals surface area contributed by atoms with Crippen LogP contribution in [0.15, 0.2) is 28.8 Å². The Kier molecular flexibility index (Phi) is 5.09. The average Bonchev–Trinajstić information content (AvgIpc) is 2.91. The third kappa shape index (κ3) is 3.90. The Morgan fingerprint density at radius 2 is 2.00 bits per heavy atom. The minimum Gasteiger partial charge on any atom is -0.465 e. The number of hydrogen-bond acceptors (Lipinski definition) is 5. The van der Waals surface area contributed by atoms with Crippen LogP contribution in [0.5, 0.6) is 0 Å². The normalized spacial score (nSPS) is 12.1. The third-order valence-electron chi connectivity index (χ3n) is 3.24. The smallest absolute Gasteiger partial charge is 0.318 e. The first kappa shape index (κ1) is 15.2. The second kappa shape index (κ2) is 7.02. The largest absolute Gasteiger partial charge is 0.465 e. The van der Waals surface area contributed by atoms with Crippen molar-refractivity contribution in [3.63, 3.8) is 0 Å². The molecule has 0 saturated carbocycles. The molecule has 0 radical (unpaired) electrons. The fourth-order valence-corrected chi connectivity index (χ4v) is 2.05. The lowest BCUT2D eigenvalue weighted by Crippen LogP contribution is -2.15. The van der Waals surface area contributed by atoms with E-state index < -0.39 is 5.92 Å². The molecule has 0 N–H and O–H groups in total. The Hall–Kier alpha value is -2.17. The number of ether oxygens (including phenoxy) is 1. The highest BCUT2D eigenvalue weighted by Crippen LogP contribution is 2.20. The lowest BCUT2D eigenvalue weighted by Gasteiger charge is -2.08. The van der Waals surface area contributed by atoms with Gasteiger partial charge in [-0.05, 0) is 25.8 Å². The number of esters is 1. The summed E-state index contributed by atoms with van der Waals surface area (Å²) >= 11 is 0. The number of carbonyl (C=O) groups excluding carboxylic acids is 1. The minimum atomic E-state index is -0.482. The van der Waals surface area contributed by atoms with E-state index in [1.807, 2.05) is 38.1 Å². The standard InChI is InChI=1S/C16H20N2O3/c1-4-13(16(19)20-5-2)15-17-14(18-21-15)10-12-8-6-11(3)7-9-12/h6-9,13H,4-5,10H2,1-3H3. The quantitative estimate of drug-likeness (QED) is 0.764. The van der Waals surface area contributed by atoms with Crippen molar-refractivity contribution in [3.05, 3.63) is 47.1 Å². The van der Waals surface area contributed by atoms with Crippen molar-refractivity contribution in [2.75, 3.05) is 6.61 Å². The summed E-state index contributed by atoms with van der Waals surface area (Å²) in [4.78, 5) is 16.2.